The summed E-state index contributed by atoms with van der Waals surface area (Å²) in [6.45, 7) is 2.51. The van der Waals surface area contributed by atoms with Gasteiger partial charge in [-0.15, -0.1) is 11.3 Å². The number of likely N-dealkylation sites (tertiary alicyclic amines) is 1. The van der Waals surface area contributed by atoms with Crippen molar-refractivity contribution in [1.82, 2.24) is 19.9 Å². The third kappa shape index (κ3) is 4.99. The van der Waals surface area contributed by atoms with Crippen LogP contribution in [0.2, 0.25) is 0 Å². The summed E-state index contributed by atoms with van der Waals surface area (Å²) in [4.78, 5) is 16.3. The number of nitriles is 1. The van der Waals surface area contributed by atoms with Crippen molar-refractivity contribution in [3.05, 3.63) is 51.9 Å². The van der Waals surface area contributed by atoms with Crippen LogP contribution in [0.15, 0.2) is 30.1 Å². The Labute approximate surface area is 192 Å². The van der Waals surface area contributed by atoms with Gasteiger partial charge in [0, 0.05) is 42.5 Å². The van der Waals surface area contributed by atoms with E-state index in [1.165, 1.54) is 6.33 Å². The summed E-state index contributed by atoms with van der Waals surface area (Å²) < 4.78 is 38.3. The van der Waals surface area contributed by atoms with Gasteiger partial charge in [0.05, 0.1) is 29.3 Å². The Balaban J connectivity index is 1.20. The zero-order chi connectivity index (χ0) is 23.0. The van der Waals surface area contributed by atoms with Crippen LogP contribution in [0.5, 0.6) is 0 Å². The number of thiophene rings is 1. The highest BCUT2D eigenvalue weighted by Crippen LogP contribution is 2.33. The summed E-state index contributed by atoms with van der Waals surface area (Å²) in [5, 5.41) is 13.2. The molecule has 2 aliphatic rings. The van der Waals surface area contributed by atoms with E-state index in [0.29, 0.717) is 22.5 Å². The number of allylic oxidation sites excluding steroid dienone is 1. The molecule has 5 rings (SSSR count). The first-order valence-corrected chi connectivity index (χ1v) is 11.6. The molecule has 0 radical (unpaired) electrons. The Morgan fingerprint density at radius 3 is 2.79 bits per heavy atom. The largest absolute Gasteiger partial charge is 0.393 e. The highest BCUT2D eigenvalue weighted by Gasteiger charge is 2.29. The fraction of sp³-hybridized carbons (Fsp3) is 0.391. The van der Waals surface area contributed by atoms with E-state index in [4.69, 9.17) is 10.2 Å². The summed E-state index contributed by atoms with van der Waals surface area (Å²) in [5.74, 6) is 0.600. The molecule has 4 heterocycles. The van der Waals surface area contributed by atoms with Gasteiger partial charge in [0.15, 0.2) is 0 Å². The molecule has 1 N–H and O–H groups in total. The molecule has 1 aliphatic heterocycles. The number of pyridine rings is 1. The van der Waals surface area contributed by atoms with E-state index in [0.717, 1.165) is 66.3 Å². The lowest BCUT2D eigenvalue weighted by atomic mass is 10.0. The van der Waals surface area contributed by atoms with Crippen molar-refractivity contribution < 1.29 is 13.2 Å². The van der Waals surface area contributed by atoms with Crippen molar-refractivity contribution in [3.8, 4) is 6.07 Å². The predicted molar refractivity (Wildman–Crippen MR) is 121 cm³/mol. The average molecular weight is 471 g/mol. The lowest BCUT2D eigenvalue weighted by molar-refractivity contribution is -0.126. The minimum atomic E-state index is -4.24. The Morgan fingerprint density at radius 1 is 1.21 bits per heavy atom. The van der Waals surface area contributed by atoms with Gasteiger partial charge >= 0.3 is 6.18 Å². The molecule has 0 bridgehead atoms. The van der Waals surface area contributed by atoms with Gasteiger partial charge in [0.25, 0.3) is 0 Å². The summed E-state index contributed by atoms with van der Waals surface area (Å²) in [6.07, 6.45) is 0.533. The molecule has 1 fully saturated rings. The van der Waals surface area contributed by atoms with Crippen LogP contribution in [0.3, 0.4) is 0 Å². The van der Waals surface area contributed by atoms with E-state index < -0.39 is 12.6 Å². The van der Waals surface area contributed by atoms with E-state index >= 15 is 0 Å². The normalized spacial score (nSPS) is 17.1. The quantitative estimate of drug-likeness (QED) is 0.581. The molecule has 0 amide bonds. The Bertz CT molecular complexity index is 1250. The summed E-state index contributed by atoms with van der Waals surface area (Å²) in [7, 11) is 0. The minimum Gasteiger partial charge on any atom is -0.367 e. The number of fused-ring (bicyclic) bond motifs is 2. The van der Waals surface area contributed by atoms with Gasteiger partial charge in [-0.25, -0.2) is 9.97 Å². The number of aromatic nitrogens is 3. The molecule has 6 nitrogen and oxygen atoms in total. The number of rotatable bonds is 5. The minimum absolute atomic E-state index is 0.194. The Hall–Kier alpha value is -3.03. The number of anilines is 1. The van der Waals surface area contributed by atoms with Gasteiger partial charge < -0.3 is 5.32 Å². The molecule has 0 spiro atoms. The first kappa shape index (κ1) is 21.8. The molecular weight excluding hydrogens is 449 g/mol. The first-order chi connectivity index (χ1) is 15.9. The van der Waals surface area contributed by atoms with E-state index in [2.05, 4.69) is 32.3 Å². The van der Waals surface area contributed by atoms with Gasteiger partial charge in [0.1, 0.15) is 17.0 Å². The van der Waals surface area contributed by atoms with Gasteiger partial charge in [0.2, 0.25) is 0 Å². The molecular formula is C23H21F3N6S. The number of nitrogens with one attached hydrogen (secondary N) is 1. The predicted octanol–water partition coefficient (Wildman–Crippen LogP) is 4.73. The van der Waals surface area contributed by atoms with Gasteiger partial charge in [-0.1, -0.05) is 6.07 Å². The molecule has 1 saturated heterocycles. The molecule has 170 valence electrons. The second-order valence-electron chi connectivity index (χ2n) is 8.45. The molecule has 3 aromatic rings. The second kappa shape index (κ2) is 8.72. The highest BCUT2D eigenvalue weighted by molar-refractivity contribution is 7.18. The topological polar surface area (TPSA) is 77.7 Å². The monoisotopic (exact) mass is 470 g/mol. The molecule has 1 aliphatic carbocycles. The van der Waals surface area contributed by atoms with Crippen molar-refractivity contribution in [2.75, 3.05) is 18.4 Å². The third-order valence-corrected chi connectivity index (χ3v) is 7.02. The van der Waals surface area contributed by atoms with Crippen LogP contribution >= 0.6 is 11.3 Å². The maximum Gasteiger partial charge on any atom is 0.393 e. The fourth-order valence-corrected chi connectivity index (χ4v) is 5.39. The van der Waals surface area contributed by atoms with Crippen LogP contribution in [0.4, 0.5) is 19.0 Å². The lowest BCUT2D eigenvalue weighted by Gasteiger charge is -2.32. The maximum atomic E-state index is 12.8. The lowest BCUT2D eigenvalue weighted by Crippen LogP contribution is -2.39. The van der Waals surface area contributed by atoms with Crippen LogP contribution in [0.25, 0.3) is 16.3 Å². The second-order valence-corrected chi connectivity index (χ2v) is 9.56. The molecule has 0 unspecified atom stereocenters. The summed E-state index contributed by atoms with van der Waals surface area (Å²) >= 11 is 1.06. The van der Waals surface area contributed by atoms with Crippen molar-refractivity contribution in [1.29, 1.82) is 5.26 Å². The van der Waals surface area contributed by atoms with Crippen LogP contribution in [-0.2, 0) is 19.4 Å². The Kier molecular flexibility index (Phi) is 5.76. The highest BCUT2D eigenvalue weighted by atomic mass is 32.1. The van der Waals surface area contributed by atoms with E-state index in [1.54, 1.807) is 6.07 Å². The standard InChI is InChI=1S/C23H21F3N6S/c24-23(25,26)10-18-9-19-21(28-13-29-22(19)33-18)31-16-3-5-32(6-4-16)12-17-2-1-15-7-14(11-27)8-20(15)30-17/h1-2,8-9,13,16H,3-7,10,12H2,(H,28,29,31). The molecule has 33 heavy (non-hydrogen) atoms. The summed E-state index contributed by atoms with van der Waals surface area (Å²) in [6, 6.07) is 8.04. The molecule has 0 saturated carbocycles. The first-order valence-electron chi connectivity index (χ1n) is 10.7. The average Bonchev–Trinajstić information content (AvgIpc) is 3.37. The van der Waals surface area contributed by atoms with Crippen molar-refractivity contribution >= 4 is 33.4 Å². The van der Waals surface area contributed by atoms with Crippen LogP contribution in [-0.4, -0.2) is 45.2 Å². The molecule has 0 atom stereocenters. The van der Waals surface area contributed by atoms with E-state index in [9.17, 15) is 13.2 Å². The Morgan fingerprint density at radius 2 is 2.03 bits per heavy atom. The van der Waals surface area contributed by atoms with Crippen LogP contribution < -0.4 is 5.32 Å². The third-order valence-electron chi connectivity index (χ3n) is 5.97. The van der Waals surface area contributed by atoms with E-state index in [-0.39, 0.29) is 10.9 Å². The zero-order valence-corrected chi connectivity index (χ0v) is 18.5. The number of nitrogens with zero attached hydrogens (tertiary/aromatic N) is 5. The van der Waals surface area contributed by atoms with Crippen molar-refractivity contribution in [2.24, 2.45) is 0 Å². The number of hydrogen-bond donors (Lipinski definition) is 1. The molecule has 0 aromatic carbocycles. The molecule has 10 heteroatoms. The van der Waals surface area contributed by atoms with Crippen molar-refractivity contribution in [3.63, 3.8) is 0 Å². The van der Waals surface area contributed by atoms with Crippen molar-refractivity contribution in [2.45, 2.75) is 44.4 Å². The maximum absolute atomic E-state index is 12.8. The van der Waals surface area contributed by atoms with Crippen LogP contribution in [0, 0.1) is 11.3 Å². The summed E-state index contributed by atoms with van der Waals surface area (Å²) in [5.41, 5.74) is 3.73. The van der Waals surface area contributed by atoms with Gasteiger partial charge in [-0.3, -0.25) is 9.88 Å². The number of halogens is 3. The number of alkyl halides is 3. The van der Waals surface area contributed by atoms with Gasteiger partial charge in [-0.2, -0.15) is 18.4 Å². The number of hydrogen-bond acceptors (Lipinski definition) is 7. The number of piperidine rings is 1. The molecule has 3 aromatic heterocycles. The fourth-order valence-electron chi connectivity index (χ4n) is 4.36. The van der Waals surface area contributed by atoms with Gasteiger partial charge in [-0.05, 0) is 36.6 Å². The van der Waals surface area contributed by atoms with E-state index in [1.807, 2.05) is 12.1 Å². The smallest absolute Gasteiger partial charge is 0.367 e. The SMILES string of the molecule is N#CC1=Cc2nc(CN3CCC(Nc4ncnc5sc(CC(F)(F)F)cc45)CC3)ccc2C1. The zero-order valence-electron chi connectivity index (χ0n) is 17.7. The van der Waals surface area contributed by atoms with Crippen LogP contribution in [0.1, 0.15) is 34.7 Å².